The van der Waals surface area contributed by atoms with E-state index in [4.69, 9.17) is 4.43 Å². The molecule has 25 heavy (non-hydrogen) atoms. The standard InChI is InChI=1S/C22H40O2Si/c1-16(11-12-17(2)21(3,4)24-25(6,7)8)18-13-14-19-20(23)10-9-15-22(18,19)5/h11-12,16-19H,9-10,13-15H2,1-8H3/t16-,17+,18-,19+,22-/m1/s1. The highest BCUT2D eigenvalue weighted by atomic mass is 28.4. The lowest BCUT2D eigenvalue weighted by Crippen LogP contribution is -2.42. The first-order chi connectivity index (χ1) is 11.4. The average Bonchev–Trinajstić information content (AvgIpc) is 2.80. The van der Waals surface area contributed by atoms with Gasteiger partial charge in [-0.3, -0.25) is 4.79 Å². The minimum absolute atomic E-state index is 0.121. The van der Waals surface area contributed by atoms with E-state index in [0.717, 1.165) is 19.3 Å². The Labute approximate surface area is 156 Å². The first-order valence-electron chi connectivity index (χ1n) is 10.3. The molecule has 5 atom stereocenters. The SMILES string of the molecule is C[C@H](C=C[C@H](C)C(C)(C)O[Si](C)(C)C)[C@H]1CC[C@H]2C(=O)CCC[C@]12C. The molecule has 0 saturated heterocycles. The van der Waals surface area contributed by atoms with Gasteiger partial charge in [0.05, 0.1) is 5.60 Å². The lowest BCUT2D eigenvalue weighted by Gasteiger charge is -2.42. The van der Waals surface area contributed by atoms with Gasteiger partial charge in [-0.25, -0.2) is 0 Å². The summed E-state index contributed by atoms with van der Waals surface area (Å²) in [5.41, 5.74) is 0.107. The molecule has 0 aromatic heterocycles. The summed E-state index contributed by atoms with van der Waals surface area (Å²) < 4.78 is 6.41. The molecular formula is C22H40O2Si. The molecular weight excluding hydrogens is 324 g/mol. The van der Waals surface area contributed by atoms with Crippen molar-refractivity contribution in [3.05, 3.63) is 12.2 Å². The van der Waals surface area contributed by atoms with Crippen molar-refractivity contribution in [2.45, 2.75) is 92.0 Å². The number of hydrogen-bond acceptors (Lipinski definition) is 2. The zero-order valence-electron chi connectivity index (χ0n) is 17.8. The molecule has 2 aliphatic carbocycles. The Hall–Kier alpha value is -0.413. The number of ketones is 1. The zero-order chi connectivity index (χ0) is 19.0. The van der Waals surface area contributed by atoms with E-state index in [0.29, 0.717) is 29.5 Å². The van der Waals surface area contributed by atoms with Crippen LogP contribution in [0.5, 0.6) is 0 Å². The molecule has 0 radical (unpaired) electrons. The van der Waals surface area contributed by atoms with Crippen LogP contribution >= 0.6 is 0 Å². The van der Waals surface area contributed by atoms with Gasteiger partial charge >= 0.3 is 0 Å². The molecule has 0 N–H and O–H groups in total. The summed E-state index contributed by atoms with van der Waals surface area (Å²) in [6.07, 6.45) is 10.2. The Morgan fingerprint density at radius 1 is 1.20 bits per heavy atom. The van der Waals surface area contributed by atoms with Gasteiger partial charge in [0, 0.05) is 18.3 Å². The summed E-state index contributed by atoms with van der Waals surface area (Å²) in [5.74, 6) is 2.42. The largest absolute Gasteiger partial charge is 0.412 e. The van der Waals surface area contributed by atoms with E-state index in [1.807, 2.05) is 0 Å². The lowest BCUT2D eigenvalue weighted by molar-refractivity contribution is -0.129. The number of carbonyl (C=O) groups is 1. The molecule has 3 heteroatoms. The molecule has 2 fully saturated rings. The first-order valence-corrected chi connectivity index (χ1v) is 13.7. The monoisotopic (exact) mass is 364 g/mol. The topological polar surface area (TPSA) is 26.3 Å². The van der Waals surface area contributed by atoms with Crippen molar-refractivity contribution in [3.63, 3.8) is 0 Å². The van der Waals surface area contributed by atoms with Crippen molar-refractivity contribution < 1.29 is 9.22 Å². The van der Waals surface area contributed by atoms with E-state index < -0.39 is 8.32 Å². The van der Waals surface area contributed by atoms with Crippen molar-refractivity contribution in [1.82, 2.24) is 0 Å². The van der Waals surface area contributed by atoms with Crippen molar-refractivity contribution in [3.8, 4) is 0 Å². The second kappa shape index (κ2) is 7.30. The van der Waals surface area contributed by atoms with Crippen LogP contribution in [0, 0.1) is 29.1 Å². The van der Waals surface area contributed by atoms with Crippen molar-refractivity contribution in [2.24, 2.45) is 29.1 Å². The predicted octanol–water partition coefficient (Wildman–Crippen LogP) is 6.23. The maximum atomic E-state index is 12.3. The number of rotatable bonds is 6. The van der Waals surface area contributed by atoms with Crippen LogP contribution < -0.4 is 0 Å². The van der Waals surface area contributed by atoms with Crippen molar-refractivity contribution in [2.75, 3.05) is 0 Å². The minimum atomic E-state index is -1.55. The van der Waals surface area contributed by atoms with Gasteiger partial charge in [0.1, 0.15) is 5.78 Å². The van der Waals surface area contributed by atoms with Crippen molar-refractivity contribution >= 4 is 14.1 Å². The van der Waals surface area contributed by atoms with Gasteiger partial charge in [-0.2, -0.15) is 0 Å². The molecule has 2 rings (SSSR count). The number of hydrogen-bond donors (Lipinski definition) is 0. The van der Waals surface area contributed by atoms with E-state index in [1.54, 1.807) is 0 Å². The summed E-state index contributed by atoms with van der Waals surface area (Å²) in [5, 5.41) is 0. The van der Waals surface area contributed by atoms with E-state index >= 15 is 0 Å². The van der Waals surface area contributed by atoms with Gasteiger partial charge in [-0.15, -0.1) is 0 Å². The highest BCUT2D eigenvalue weighted by Crippen LogP contribution is 2.56. The van der Waals surface area contributed by atoms with Crippen LogP contribution in [-0.2, 0) is 9.22 Å². The van der Waals surface area contributed by atoms with Gasteiger partial charge in [0.15, 0.2) is 8.32 Å². The number of fused-ring (bicyclic) bond motifs is 1. The third-order valence-electron chi connectivity index (χ3n) is 6.94. The maximum Gasteiger partial charge on any atom is 0.184 e. The summed E-state index contributed by atoms with van der Waals surface area (Å²) >= 11 is 0. The van der Waals surface area contributed by atoms with Gasteiger partial charge in [-0.05, 0) is 76.4 Å². The van der Waals surface area contributed by atoms with Gasteiger partial charge in [0.2, 0.25) is 0 Å². The summed E-state index contributed by atoms with van der Waals surface area (Å²) in [6.45, 7) is 18.2. The molecule has 0 aromatic carbocycles. The van der Waals surface area contributed by atoms with Gasteiger partial charge in [-0.1, -0.05) is 32.9 Å². The fourth-order valence-corrected chi connectivity index (χ4v) is 7.19. The maximum absolute atomic E-state index is 12.3. The summed E-state index contributed by atoms with van der Waals surface area (Å²) in [7, 11) is -1.55. The minimum Gasteiger partial charge on any atom is -0.412 e. The predicted molar refractivity (Wildman–Crippen MR) is 109 cm³/mol. The molecule has 0 aliphatic heterocycles. The van der Waals surface area contributed by atoms with E-state index in [9.17, 15) is 4.79 Å². The first kappa shape index (κ1) is 20.9. The Morgan fingerprint density at radius 2 is 1.84 bits per heavy atom. The zero-order valence-corrected chi connectivity index (χ0v) is 18.8. The molecule has 0 heterocycles. The van der Waals surface area contributed by atoms with E-state index in [-0.39, 0.29) is 11.0 Å². The van der Waals surface area contributed by atoms with E-state index in [2.05, 4.69) is 66.4 Å². The average molecular weight is 365 g/mol. The Balaban J connectivity index is 2.05. The fraction of sp³-hybridized carbons (Fsp3) is 0.864. The third-order valence-corrected chi connectivity index (χ3v) is 8.08. The highest BCUT2D eigenvalue weighted by Gasteiger charge is 2.52. The molecule has 0 aromatic rings. The highest BCUT2D eigenvalue weighted by molar-refractivity contribution is 6.69. The molecule has 0 amide bonds. The van der Waals surface area contributed by atoms with Crippen LogP contribution in [0.1, 0.15) is 66.7 Å². The molecule has 0 bridgehead atoms. The lowest BCUT2D eigenvalue weighted by atomic mass is 9.62. The normalized spacial score (nSPS) is 33.5. The quantitative estimate of drug-likeness (QED) is 0.412. The van der Waals surface area contributed by atoms with Crippen LogP contribution in [0.2, 0.25) is 19.6 Å². The number of Topliss-reactive ketones (excluding diaryl/α,β-unsaturated/α-hetero) is 1. The molecule has 144 valence electrons. The van der Waals surface area contributed by atoms with Crippen LogP contribution in [0.3, 0.4) is 0 Å². The second-order valence-corrected chi connectivity index (χ2v) is 14.8. The summed E-state index contributed by atoms with van der Waals surface area (Å²) in [6, 6.07) is 0. The number of allylic oxidation sites excluding steroid dienone is 1. The number of carbonyl (C=O) groups excluding carboxylic acids is 1. The van der Waals surface area contributed by atoms with Crippen LogP contribution in [0.15, 0.2) is 12.2 Å². The third kappa shape index (κ3) is 4.66. The molecule has 0 spiro atoms. The van der Waals surface area contributed by atoms with Crippen LogP contribution in [0.25, 0.3) is 0 Å². The fourth-order valence-electron chi connectivity index (χ4n) is 5.42. The molecule has 0 unspecified atom stereocenters. The molecule has 2 nitrogen and oxygen atoms in total. The Kier molecular flexibility index (Phi) is 6.10. The smallest absolute Gasteiger partial charge is 0.184 e. The Morgan fingerprint density at radius 3 is 2.44 bits per heavy atom. The van der Waals surface area contributed by atoms with Crippen molar-refractivity contribution in [1.29, 1.82) is 0 Å². The summed E-state index contributed by atoms with van der Waals surface area (Å²) in [4.78, 5) is 12.3. The molecule has 2 aliphatic rings. The molecule has 2 saturated carbocycles. The second-order valence-electron chi connectivity index (χ2n) is 10.4. The van der Waals surface area contributed by atoms with Crippen LogP contribution in [-0.4, -0.2) is 19.7 Å². The Bertz CT molecular complexity index is 517. The van der Waals surface area contributed by atoms with Crippen LogP contribution in [0.4, 0.5) is 0 Å². The van der Waals surface area contributed by atoms with Gasteiger partial charge < -0.3 is 4.43 Å². The van der Waals surface area contributed by atoms with Gasteiger partial charge in [0.25, 0.3) is 0 Å². The van der Waals surface area contributed by atoms with E-state index in [1.165, 1.54) is 12.8 Å².